The van der Waals surface area contributed by atoms with E-state index in [0.717, 1.165) is 31.1 Å². The molecule has 1 heterocycles. The van der Waals surface area contributed by atoms with Gasteiger partial charge in [0.1, 0.15) is 6.04 Å². The van der Waals surface area contributed by atoms with Crippen molar-refractivity contribution in [2.45, 2.75) is 57.7 Å². The summed E-state index contributed by atoms with van der Waals surface area (Å²) in [6.45, 7) is 5.96. The van der Waals surface area contributed by atoms with Gasteiger partial charge in [-0.1, -0.05) is 44.2 Å². The number of nitrogens with zero attached hydrogens (tertiary/aromatic N) is 1. The molecule has 2 aliphatic rings. The maximum atomic E-state index is 12.7. The highest BCUT2D eigenvalue weighted by Gasteiger charge is 2.35. The lowest BCUT2D eigenvalue weighted by Crippen LogP contribution is -2.52. The predicted molar refractivity (Wildman–Crippen MR) is 98.1 cm³/mol. The molecule has 0 aromatic heterocycles. The zero-order valence-electron chi connectivity index (χ0n) is 15.2. The molecule has 2 atom stereocenters. The highest BCUT2D eigenvalue weighted by molar-refractivity contribution is 5.88. The van der Waals surface area contributed by atoms with Crippen LogP contribution in [0, 0.1) is 5.92 Å². The van der Waals surface area contributed by atoms with Gasteiger partial charge < -0.3 is 10.6 Å². The molecule has 0 radical (unpaired) electrons. The van der Waals surface area contributed by atoms with Gasteiger partial charge in [0.2, 0.25) is 11.8 Å². The molecule has 25 heavy (non-hydrogen) atoms. The van der Waals surface area contributed by atoms with Crippen molar-refractivity contribution in [1.82, 2.24) is 15.5 Å². The van der Waals surface area contributed by atoms with Gasteiger partial charge in [-0.05, 0) is 30.7 Å². The summed E-state index contributed by atoms with van der Waals surface area (Å²) in [6.07, 6.45) is 3.90. The molecular formula is C20H29N3O2. The zero-order valence-corrected chi connectivity index (χ0v) is 15.2. The van der Waals surface area contributed by atoms with E-state index in [2.05, 4.69) is 15.5 Å². The Hall–Kier alpha value is -1.88. The quantitative estimate of drug-likeness (QED) is 0.792. The number of likely N-dealkylation sites (tertiary alicyclic amines) is 1. The largest absolute Gasteiger partial charge is 0.350 e. The fourth-order valence-corrected chi connectivity index (χ4v) is 3.51. The first kappa shape index (κ1) is 17.9. The summed E-state index contributed by atoms with van der Waals surface area (Å²) in [4.78, 5) is 27.5. The van der Waals surface area contributed by atoms with E-state index >= 15 is 0 Å². The lowest BCUT2D eigenvalue weighted by molar-refractivity contribution is -0.130. The lowest BCUT2D eigenvalue weighted by Gasteiger charge is -2.24. The van der Waals surface area contributed by atoms with Crippen LogP contribution in [0.25, 0.3) is 0 Å². The average molecular weight is 343 g/mol. The van der Waals surface area contributed by atoms with Gasteiger partial charge in [-0.15, -0.1) is 0 Å². The number of hydrogen-bond donors (Lipinski definition) is 2. The SMILES string of the molecule is CC(C)[C@@H](NC(=O)Cc1ccccc1)C(=O)N[C@H]1CCN(C2CC2)C1. The first-order chi connectivity index (χ1) is 12.0. The Morgan fingerprint density at radius 2 is 1.88 bits per heavy atom. The van der Waals surface area contributed by atoms with E-state index in [-0.39, 0.29) is 23.8 Å². The monoisotopic (exact) mass is 343 g/mol. The van der Waals surface area contributed by atoms with Crippen LogP contribution in [0.5, 0.6) is 0 Å². The van der Waals surface area contributed by atoms with Crippen molar-refractivity contribution in [3.05, 3.63) is 35.9 Å². The molecule has 136 valence electrons. The van der Waals surface area contributed by atoms with Crippen molar-refractivity contribution in [2.75, 3.05) is 13.1 Å². The number of amides is 2. The van der Waals surface area contributed by atoms with Crippen LogP contribution < -0.4 is 10.6 Å². The second-order valence-electron chi connectivity index (χ2n) is 7.67. The smallest absolute Gasteiger partial charge is 0.243 e. The highest BCUT2D eigenvalue weighted by Crippen LogP contribution is 2.29. The molecule has 0 spiro atoms. The molecule has 0 unspecified atom stereocenters. The van der Waals surface area contributed by atoms with Gasteiger partial charge in [0.25, 0.3) is 0 Å². The summed E-state index contributed by atoms with van der Waals surface area (Å²) in [6, 6.07) is 10.1. The third kappa shape index (κ3) is 5.05. The van der Waals surface area contributed by atoms with Gasteiger partial charge in [-0.2, -0.15) is 0 Å². The number of carbonyl (C=O) groups is 2. The number of carbonyl (C=O) groups excluding carboxylic acids is 2. The van der Waals surface area contributed by atoms with Crippen LogP contribution in [-0.4, -0.2) is 47.9 Å². The van der Waals surface area contributed by atoms with Crippen molar-refractivity contribution in [1.29, 1.82) is 0 Å². The van der Waals surface area contributed by atoms with Crippen molar-refractivity contribution in [2.24, 2.45) is 5.92 Å². The van der Waals surface area contributed by atoms with Crippen LogP contribution in [0.15, 0.2) is 30.3 Å². The topological polar surface area (TPSA) is 61.4 Å². The van der Waals surface area contributed by atoms with Crippen LogP contribution >= 0.6 is 0 Å². The Balaban J connectivity index is 1.51. The van der Waals surface area contributed by atoms with Crippen LogP contribution in [0.3, 0.4) is 0 Å². The van der Waals surface area contributed by atoms with E-state index in [1.807, 2.05) is 44.2 Å². The number of benzene rings is 1. The molecule has 1 aromatic rings. The third-order valence-corrected chi connectivity index (χ3v) is 5.10. The second kappa shape index (κ2) is 8.00. The molecule has 1 saturated heterocycles. The fraction of sp³-hybridized carbons (Fsp3) is 0.600. The van der Waals surface area contributed by atoms with E-state index in [9.17, 15) is 9.59 Å². The van der Waals surface area contributed by atoms with Gasteiger partial charge >= 0.3 is 0 Å². The molecule has 0 bridgehead atoms. The average Bonchev–Trinajstić information content (AvgIpc) is 3.33. The third-order valence-electron chi connectivity index (χ3n) is 5.10. The lowest BCUT2D eigenvalue weighted by atomic mass is 10.0. The predicted octanol–water partition coefficient (Wildman–Crippen LogP) is 1.72. The van der Waals surface area contributed by atoms with Gasteiger partial charge in [0.05, 0.1) is 6.42 Å². The minimum absolute atomic E-state index is 0.0562. The van der Waals surface area contributed by atoms with Crippen molar-refractivity contribution < 1.29 is 9.59 Å². The summed E-state index contributed by atoms with van der Waals surface area (Å²) in [5.74, 6) is -0.106. The van der Waals surface area contributed by atoms with E-state index < -0.39 is 6.04 Å². The standard InChI is InChI=1S/C20H29N3O2/c1-14(2)19(22-18(24)12-15-6-4-3-5-7-15)20(25)21-16-10-11-23(13-16)17-8-9-17/h3-7,14,16-17,19H,8-13H2,1-2H3,(H,21,25)(H,22,24)/t16-,19+/m0/s1. The molecule has 2 amide bonds. The van der Waals surface area contributed by atoms with Crippen LogP contribution in [0.2, 0.25) is 0 Å². The second-order valence-corrected chi connectivity index (χ2v) is 7.67. The van der Waals surface area contributed by atoms with Crippen molar-refractivity contribution >= 4 is 11.8 Å². The minimum Gasteiger partial charge on any atom is -0.350 e. The molecule has 1 saturated carbocycles. The maximum absolute atomic E-state index is 12.7. The molecule has 1 aromatic carbocycles. The van der Waals surface area contributed by atoms with E-state index in [0.29, 0.717) is 6.42 Å². The van der Waals surface area contributed by atoms with Gasteiger partial charge in [0, 0.05) is 25.2 Å². The first-order valence-electron chi connectivity index (χ1n) is 9.40. The summed E-state index contributed by atoms with van der Waals surface area (Å²) in [7, 11) is 0. The Morgan fingerprint density at radius 1 is 1.16 bits per heavy atom. The van der Waals surface area contributed by atoms with Gasteiger partial charge in [-0.25, -0.2) is 0 Å². The van der Waals surface area contributed by atoms with Gasteiger partial charge in [-0.3, -0.25) is 14.5 Å². The molecule has 2 fully saturated rings. The highest BCUT2D eigenvalue weighted by atomic mass is 16.2. The Bertz CT molecular complexity index is 598. The molecule has 5 nitrogen and oxygen atoms in total. The zero-order chi connectivity index (χ0) is 17.8. The maximum Gasteiger partial charge on any atom is 0.243 e. The molecule has 3 rings (SSSR count). The Morgan fingerprint density at radius 3 is 2.52 bits per heavy atom. The van der Waals surface area contributed by atoms with Crippen molar-refractivity contribution in [3.8, 4) is 0 Å². The molecule has 1 aliphatic heterocycles. The Kier molecular flexibility index (Phi) is 5.74. The van der Waals surface area contributed by atoms with Crippen LogP contribution in [0.4, 0.5) is 0 Å². The molecule has 5 heteroatoms. The first-order valence-corrected chi connectivity index (χ1v) is 9.40. The fourth-order valence-electron chi connectivity index (χ4n) is 3.51. The number of hydrogen-bond acceptors (Lipinski definition) is 3. The molecule has 2 N–H and O–H groups in total. The number of nitrogens with one attached hydrogen (secondary N) is 2. The summed E-state index contributed by atoms with van der Waals surface area (Å²) in [5.41, 5.74) is 0.957. The van der Waals surface area contributed by atoms with Crippen LogP contribution in [0.1, 0.15) is 38.7 Å². The van der Waals surface area contributed by atoms with Crippen LogP contribution in [-0.2, 0) is 16.0 Å². The number of rotatable bonds is 7. The van der Waals surface area contributed by atoms with E-state index in [1.54, 1.807) is 0 Å². The summed E-state index contributed by atoms with van der Waals surface area (Å²) < 4.78 is 0. The van der Waals surface area contributed by atoms with Gasteiger partial charge in [0.15, 0.2) is 0 Å². The molecule has 1 aliphatic carbocycles. The summed E-state index contributed by atoms with van der Waals surface area (Å²) >= 11 is 0. The van der Waals surface area contributed by atoms with E-state index in [4.69, 9.17) is 0 Å². The van der Waals surface area contributed by atoms with E-state index in [1.165, 1.54) is 12.8 Å². The summed E-state index contributed by atoms with van der Waals surface area (Å²) in [5, 5.41) is 6.07. The minimum atomic E-state index is -0.480. The molecular weight excluding hydrogens is 314 g/mol. The normalized spacial score (nSPS) is 22.0. The van der Waals surface area contributed by atoms with Crippen molar-refractivity contribution in [3.63, 3.8) is 0 Å². The Labute approximate surface area is 150 Å².